The van der Waals surface area contributed by atoms with Crippen molar-refractivity contribution in [3.63, 3.8) is 0 Å². The standard InChI is InChI=1S/C18H22N4O5S/c1-12-6-3-4-7-15(12)22-16(13-10-28(25,26)11-14(13)21-22)20-18(24)17(23)19-8-5-9-27-2/h3-4,6-7H,5,8-11H2,1-2H3,(H,19,23)(H,20,24). The summed E-state index contributed by atoms with van der Waals surface area (Å²) in [6, 6.07) is 7.38. The lowest BCUT2D eigenvalue weighted by Gasteiger charge is -2.13. The third kappa shape index (κ3) is 4.23. The van der Waals surface area contributed by atoms with E-state index in [2.05, 4.69) is 15.7 Å². The average molecular weight is 406 g/mol. The number of hydrogen-bond acceptors (Lipinski definition) is 6. The van der Waals surface area contributed by atoms with Crippen LogP contribution in [0.3, 0.4) is 0 Å². The zero-order valence-corrected chi connectivity index (χ0v) is 16.5. The summed E-state index contributed by atoms with van der Waals surface area (Å²) < 4.78 is 30.4. The predicted octanol–water partition coefficient (Wildman–Crippen LogP) is 0.700. The van der Waals surface area contributed by atoms with Crippen LogP contribution in [0.4, 0.5) is 5.82 Å². The fourth-order valence-corrected chi connectivity index (χ4v) is 4.50. The largest absolute Gasteiger partial charge is 0.385 e. The number of amides is 2. The highest BCUT2D eigenvalue weighted by Crippen LogP contribution is 2.33. The van der Waals surface area contributed by atoms with E-state index < -0.39 is 21.7 Å². The van der Waals surface area contributed by atoms with Crippen LogP contribution in [0.5, 0.6) is 0 Å². The number of carbonyl (C=O) groups excluding carboxylic acids is 2. The molecule has 9 nitrogen and oxygen atoms in total. The average Bonchev–Trinajstić information content (AvgIpc) is 3.11. The number of methoxy groups -OCH3 is 1. The molecule has 3 rings (SSSR count). The second-order valence-electron chi connectivity index (χ2n) is 6.56. The summed E-state index contributed by atoms with van der Waals surface area (Å²) in [5, 5.41) is 9.45. The molecular weight excluding hydrogens is 384 g/mol. The quantitative estimate of drug-likeness (QED) is 0.538. The Morgan fingerprint density at radius 2 is 1.96 bits per heavy atom. The van der Waals surface area contributed by atoms with Gasteiger partial charge >= 0.3 is 11.8 Å². The van der Waals surface area contributed by atoms with Crippen molar-refractivity contribution in [2.45, 2.75) is 24.9 Å². The maximum atomic E-state index is 12.4. The van der Waals surface area contributed by atoms with E-state index in [-0.39, 0.29) is 17.3 Å². The van der Waals surface area contributed by atoms with Crippen LogP contribution in [0.25, 0.3) is 5.69 Å². The lowest BCUT2D eigenvalue weighted by molar-refractivity contribution is -0.136. The monoisotopic (exact) mass is 406 g/mol. The van der Waals surface area contributed by atoms with E-state index in [1.807, 2.05) is 31.2 Å². The van der Waals surface area contributed by atoms with Gasteiger partial charge in [-0.25, -0.2) is 13.1 Å². The summed E-state index contributed by atoms with van der Waals surface area (Å²) >= 11 is 0. The SMILES string of the molecule is COCCCNC(=O)C(=O)Nc1c2c(nn1-c1ccccc1C)CS(=O)(=O)C2. The van der Waals surface area contributed by atoms with Crippen LogP contribution >= 0.6 is 0 Å². The fourth-order valence-electron chi connectivity index (χ4n) is 3.01. The van der Waals surface area contributed by atoms with Crippen LogP contribution in [-0.2, 0) is 35.7 Å². The van der Waals surface area contributed by atoms with Crippen molar-refractivity contribution in [2.24, 2.45) is 0 Å². The molecular formula is C18H22N4O5S. The highest BCUT2D eigenvalue weighted by molar-refractivity contribution is 7.90. The minimum atomic E-state index is -3.31. The van der Waals surface area contributed by atoms with Crippen molar-refractivity contribution in [1.29, 1.82) is 0 Å². The number of para-hydroxylation sites is 1. The van der Waals surface area contributed by atoms with Crippen LogP contribution in [0, 0.1) is 6.92 Å². The van der Waals surface area contributed by atoms with Crippen LogP contribution in [-0.4, -0.2) is 50.3 Å². The van der Waals surface area contributed by atoms with Crippen molar-refractivity contribution < 1.29 is 22.7 Å². The number of hydrogen-bond donors (Lipinski definition) is 2. The van der Waals surface area contributed by atoms with Gasteiger partial charge in [-0.05, 0) is 25.0 Å². The molecule has 0 saturated carbocycles. The molecule has 1 aliphatic rings. The molecule has 0 unspecified atom stereocenters. The molecule has 150 valence electrons. The Kier molecular flexibility index (Phi) is 5.80. The lowest BCUT2D eigenvalue weighted by atomic mass is 10.2. The number of nitrogens with zero attached hydrogens (tertiary/aromatic N) is 2. The minimum Gasteiger partial charge on any atom is -0.385 e. The zero-order valence-electron chi connectivity index (χ0n) is 15.7. The smallest absolute Gasteiger partial charge is 0.314 e. The number of anilines is 1. The van der Waals surface area contributed by atoms with Crippen LogP contribution in [0.2, 0.25) is 0 Å². The normalized spacial score (nSPS) is 14.5. The first-order chi connectivity index (χ1) is 13.3. The highest BCUT2D eigenvalue weighted by atomic mass is 32.2. The van der Waals surface area contributed by atoms with E-state index in [0.717, 1.165) is 5.56 Å². The Hall–Kier alpha value is -2.72. The van der Waals surface area contributed by atoms with Gasteiger partial charge in [-0.3, -0.25) is 9.59 Å². The summed E-state index contributed by atoms with van der Waals surface area (Å²) in [5.41, 5.74) is 2.40. The number of fused-ring (bicyclic) bond motifs is 1. The lowest BCUT2D eigenvalue weighted by Crippen LogP contribution is -2.36. The van der Waals surface area contributed by atoms with Crippen molar-refractivity contribution >= 4 is 27.5 Å². The molecule has 28 heavy (non-hydrogen) atoms. The summed E-state index contributed by atoms with van der Waals surface area (Å²) in [6.45, 7) is 2.64. The summed E-state index contributed by atoms with van der Waals surface area (Å²) in [7, 11) is -1.76. The molecule has 0 bridgehead atoms. The van der Waals surface area contributed by atoms with E-state index in [4.69, 9.17) is 4.74 Å². The number of carbonyl (C=O) groups is 2. The molecule has 0 fully saturated rings. The third-order valence-corrected chi connectivity index (χ3v) is 5.82. The van der Waals surface area contributed by atoms with Gasteiger partial charge in [0.15, 0.2) is 9.84 Å². The summed E-state index contributed by atoms with van der Waals surface area (Å²) in [5.74, 6) is -1.88. The molecule has 2 heterocycles. The molecule has 1 aromatic carbocycles. The second kappa shape index (κ2) is 8.11. The van der Waals surface area contributed by atoms with E-state index in [1.165, 1.54) is 4.68 Å². The maximum absolute atomic E-state index is 12.4. The maximum Gasteiger partial charge on any atom is 0.314 e. The Bertz CT molecular complexity index is 1010. The molecule has 2 aromatic rings. The number of aromatic nitrogens is 2. The molecule has 0 spiro atoms. The van der Waals surface area contributed by atoms with Crippen molar-refractivity contribution in [3.8, 4) is 5.69 Å². The van der Waals surface area contributed by atoms with Crippen molar-refractivity contribution in [1.82, 2.24) is 15.1 Å². The van der Waals surface area contributed by atoms with Gasteiger partial charge in [0.25, 0.3) is 0 Å². The van der Waals surface area contributed by atoms with Gasteiger partial charge in [0.2, 0.25) is 0 Å². The van der Waals surface area contributed by atoms with Crippen LogP contribution in [0.1, 0.15) is 23.2 Å². The van der Waals surface area contributed by atoms with E-state index >= 15 is 0 Å². The number of nitrogens with one attached hydrogen (secondary N) is 2. The van der Waals surface area contributed by atoms with Gasteiger partial charge in [-0.2, -0.15) is 5.10 Å². The minimum absolute atomic E-state index is 0.187. The molecule has 0 saturated heterocycles. The Labute approximate surface area is 163 Å². The molecule has 1 aromatic heterocycles. The second-order valence-corrected chi connectivity index (χ2v) is 8.63. The highest BCUT2D eigenvalue weighted by Gasteiger charge is 2.34. The fraction of sp³-hybridized carbons (Fsp3) is 0.389. The van der Waals surface area contributed by atoms with Gasteiger partial charge in [-0.1, -0.05) is 18.2 Å². The number of benzene rings is 1. The number of aryl methyl sites for hydroxylation is 1. The molecule has 0 aliphatic carbocycles. The van der Waals surface area contributed by atoms with Gasteiger partial charge < -0.3 is 15.4 Å². The van der Waals surface area contributed by atoms with Gasteiger partial charge in [0.1, 0.15) is 5.82 Å². The first-order valence-electron chi connectivity index (χ1n) is 8.77. The first-order valence-corrected chi connectivity index (χ1v) is 10.6. The third-order valence-electron chi connectivity index (χ3n) is 4.38. The Balaban J connectivity index is 1.88. The van der Waals surface area contributed by atoms with Gasteiger partial charge in [0, 0.05) is 25.8 Å². The Morgan fingerprint density at radius 1 is 1.21 bits per heavy atom. The zero-order chi connectivity index (χ0) is 20.3. The Morgan fingerprint density at radius 3 is 2.68 bits per heavy atom. The van der Waals surface area contributed by atoms with Crippen molar-refractivity contribution in [3.05, 3.63) is 41.1 Å². The number of sulfone groups is 1. The first kappa shape index (κ1) is 20.0. The van der Waals surface area contributed by atoms with Gasteiger partial charge in [-0.15, -0.1) is 0 Å². The predicted molar refractivity (Wildman–Crippen MR) is 103 cm³/mol. The molecule has 2 amide bonds. The number of ether oxygens (including phenoxy) is 1. The van der Waals surface area contributed by atoms with Gasteiger partial charge in [0.05, 0.1) is 22.9 Å². The molecule has 0 radical (unpaired) electrons. The van der Waals surface area contributed by atoms with E-state index in [1.54, 1.807) is 7.11 Å². The van der Waals surface area contributed by atoms with Crippen LogP contribution < -0.4 is 10.6 Å². The van der Waals surface area contributed by atoms with Crippen molar-refractivity contribution in [2.75, 3.05) is 25.6 Å². The topological polar surface area (TPSA) is 119 Å². The number of rotatable bonds is 6. The van der Waals surface area contributed by atoms with Crippen LogP contribution in [0.15, 0.2) is 24.3 Å². The summed E-state index contributed by atoms with van der Waals surface area (Å²) in [4.78, 5) is 24.4. The molecule has 1 aliphatic heterocycles. The molecule has 10 heteroatoms. The summed E-state index contributed by atoms with van der Waals surface area (Å²) in [6.07, 6.45) is 0.574. The molecule has 0 atom stereocenters. The van der Waals surface area contributed by atoms with E-state index in [0.29, 0.717) is 36.5 Å². The molecule has 2 N–H and O–H groups in total. The van der Waals surface area contributed by atoms with E-state index in [9.17, 15) is 18.0 Å².